The summed E-state index contributed by atoms with van der Waals surface area (Å²) >= 11 is 0. The average Bonchev–Trinajstić information content (AvgIpc) is 2.53. The minimum atomic E-state index is 0.457. The summed E-state index contributed by atoms with van der Waals surface area (Å²) in [6, 6.07) is 6.10. The lowest BCUT2D eigenvalue weighted by Crippen LogP contribution is -2.23. The molecule has 1 saturated carbocycles. The lowest BCUT2D eigenvalue weighted by atomic mass is 9.95. The van der Waals surface area contributed by atoms with Crippen LogP contribution in [0, 0.1) is 0 Å². The fourth-order valence-corrected chi connectivity index (χ4v) is 2.61. The molecule has 110 valence electrons. The predicted molar refractivity (Wildman–Crippen MR) is 84.5 cm³/mol. The van der Waals surface area contributed by atoms with Crippen molar-refractivity contribution >= 4 is 23.1 Å². The van der Waals surface area contributed by atoms with Crippen molar-refractivity contribution in [3.8, 4) is 0 Å². The molecule has 0 bridgehead atoms. The normalized spacial score (nSPS) is 15.6. The Labute approximate surface area is 124 Å². The van der Waals surface area contributed by atoms with Crippen molar-refractivity contribution in [2.75, 3.05) is 16.4 Å². The molecule has 2 aromatic heterocycles. The van der Waals surface area contributed by atoms with E-state index in [1.54, 1.807) is 6.20 Å². The number of nitrogens with zero attached hydrogens (tertiary/aromatic N) is 3. The summed E-state index contributed by atoms with van der Waals surface area (Å²) in [6.07, 6.45) is 9.44. The molecule has 0 spiro atoms. The highest BCUT2D eigenvalue weighted by Gasteiger charge is 2.16. The van der Waals surface area contributed by atoms with Gasteiger partial charge in [-0.2, -0.15) is 0 Å². The monoisotopic (exact) mass is 284 g/mol. The summed E-state index contributed by atoms with van der Waals surface area (Å²) in [5, 5.41) is 6.56. The van der Waals surface area contributed by atoms with Crippen LogP contribution in [0.3, 0.4) is 0 Å². The largest absolute Gasteiger partial charge is 0.393 e. The van der Waals surface area contributed by atoms with Crippen LogP contribution in [0.5, 0.6) is 0 Å². The lowest BCUT2D eigenvalue weighted by Gasteiger charge is -2.24. The fraction of sp³-hybridized carbons (Fsp3) is 0.400. The minimum absolute atomic E-state index is 0.457. The molecule has 0 amide bonds. The van der Waals surface area contributed by atoms with Crippen LogP contribution < -0.4 is 16.4 Å². The molecule has 1 aliphatic rings. The molecule has 2 aromatic rings. The van der Waals surface area contributed by atoms with Gasteiger partial charge in [-0.05, 0) is 25.0 Å². The van der Waals surface area contributed by atoms with Gasteiger partial charge in [0.1, 0.15) is 17.8 Å². The number of hydrogen-bond acceptors (Lipinski definition) is 6. The molecule has 4 N–H and O–H groups in total. The number of pyridine rings is 1. The Hall–Kier alpha value is -2.37. The Morgan fingerprint density at radius 3 is 2.57 bits per heavy atom. The highest BCUT2D eigenvalue weighted by Crippen LogP contribution is 2.28. The molecule has 0 radical (unpaired) electrons. The third-order valence-corrected chi connectivity index (χ3v) is 3.74. The molecule has 6 nitrogen and oxygen atoms in total. The van der Waals surface area contributed by atoms with Crippen LogP contribution in [0.25, 0.3) is 0 Å². The van der Waals surface area contributed by atoms with Gasteiger partial charge in [-0.1, -0.05) is 25.3 Å². The molecule has 1 fully saturated rings. The number of nitrogen functional groups attached to an aromatic ring is 1. The first-order valence-corrected chi connectivity index (χ1v) is 7.38. The van der Waals surface area contributed by atoms with Crippen molar-refractivity contribution in [2.24, 2.45) is 0 Å². The van der Waals surface area contributed by atoms with Gasteiger partial charge in [0.15, 0.2) is 11.6 Å². The molecular formula is C15H20N6. The van der Waals surface area contributed by atoms with E-state index in [1.807, 2.05) is 18.2 Å². The first-order valence-electron chi connectivity index (χ1n) is 7.38. The second-order valence-corrected chi connectivity index (χ2v) is 5.30. The third kappa shape index (κ3) is 3.39. The van der Waals surface area contributed by atoms with E-state index in [2.05, 4.69) is 25.6 Å². The number of aromatic nitrogens is 3. The van der Waals surface area contributed by atoms with Gasteiger partial charge >= 0.3 is 0 Å². The summed E-state index contributed by atoms with van der Waals surface area (Å²) in [5.74, 6) is 2.00. The Kier molecular flexibility index (Phi) is 4.14. The Morgan fingerprint density at radius 2 is 1.81 bits per heavy atom. The summed E-state index contributed by atoms with van der Waals surface area (Å²) in [6.45, 7) is 0. The van der Waals surface area contributed by atoms with E-state index in [0.29, 0.717) is 29.2 Å². The van der Waals surface area contributed by atoms with E-state index in [9.17, 15) is 0 Å². The van der Waals surface area contributed by atoms with Crippen LogP contribution in [0.1, 0.15) is 32.1 Å². The van der Waals surface area contributed by atoms with E-state index < -0.39 is 0 Å². The maximum atomic E-state index is 6.17. The second kappa shape index (κ2) is 6.39. The van der Waals surface area contributed by atoms with Crippen LogP contribution in [-0.4, -0.2) is 21.0 Å². The van der Waals surface area contributed by atoms with Crippen molar-refractivity contribution in [1.82, 2.24) is 15.0 Å². The SMILES string of the molecule is Nc1c(Nc2ccccn2)ncnc1NC1CCCCC1. The summed E-state index contributed by atoms with van der Waals surface area (Å²) in [5.41, 5.74) is 6.71. The maximum Gasteiger partial charge on any atom is 0.160 e. The van der Waals surface area contributed by atoms with Crippen LogP contribution in [0.4, 0.5) is 23.1 Å². The molecule has 0 aromatic carbocycles. The first-order chi connectivity index (χ1) is 10.3. The van der Waals surface area contributed by atoms with Crippen LogP contribution in [0.2, 0.25) is 0 Å². The van der Waals surface area contributed by atoms with Gasteiger partial charge in [0.25, 0.3) is 0 Å². The van der Waals surface area contributed by atoms with Crippen LogP contribution in [0.15, 0.2) is 30.7 Å². The molecule has 0 atom stereocenters. The number of hydrogen-bond donors (Lipinski definition) is 3. The minimum Gasteiger partial charge on any atom is -0.393 e. The maximum absolute atomic E-state index is 6.17. The molecule has 1 aliphatic carbocycles. The van der Waals surface area contributed by atoms with Crippen LogP contribution in [-0.2, 0) is 0 Å². The van der Waals surface area contributed by atoms with Gasteiger partial charge in [0, 0.05) is 12.2 Å². The Bertz CT molecular complexity index is 580. The van der Waals surface area contributed by atoms with Crippen molar-refractivity contribution in [2.45, 2.75) is 38.1 Å². The molecule has 3 rings (SSSR count). The summed E-state index contributed by atoms with van der Waals surface area (Å²) in [4.78, 5) is 12.7. The number of nitrogens with two attached hydrogens (primary N) is 1. The van der Waals surface area contributed by atoms with Crippen molar-refractivity contribution in [3.63, 3.8) is 0 Å². The molecule has 2 heterocycles. The van der Waals surface area contributed by atoms with Crippen molar-refractivity contribution < 1.29 is 0 Å². The summed E-state index contributed by atoms with van der Waals surface area (Å²) < 4.78 is 0. The number of anilines is 4. The lowest BCUT2D eigenvalue weighted by molar-refractivity contribution is 0.462. The zero-order valence-electron chi connectivity index (χ0n) is 11.9. The predicted octanol–water partition coefficient (Wildman–Crippen LogP) is 2.94. The molecule has 6 heteroatoms. The quantitative estimate of drug-likeness (QED) is 0.800. The fourth-order valence-electron chi connectivity index (χ4n) is 2.61. The van der Waals surface area contributed by atoms with E-state index in [1.165, 1.54) is 38.4 Å². The first kappa shape index (κ1) is 13.6. The highest BCUT2D eigenvalue weighted by atomic mass is 15.1. The van der Waals surface area contributed by atoms with Crippen molar-refractivity contribution in [3.05, 3.63) is 30.7 Å². The molecular weight excluding hydrogens is 264 g/mol. The number of rotatable bonds is 4. The van der Waals surface area contributed by atoms with E-state index >= 15 is 0 Å². The summed E-state index contributed by atoms with van der Waals surface area (Å²) in [7, 11) is 0. The Morgan fingerprint density at radius 1 is 1.00 bits per heavy atom. The van der Waals surface area contributed by atoms with Crippen LogP contribution >= 0.6 is 0 Å². The highest BCUT2D eigenvalue weighted by molar-refractivity contribution is 5.76. The smallest absolute Gasteiger partial charge is 0.160 e. The zero-order chi connectivity index (χ0) is 14.5. The molecule has 0 unspecified atom stereocenters. The molecule has 0 aliphatic heterocycles. The Balaban J connectivity index is 1.75. The second-order valence-electron chi connectivity index (χ2n) is 5.30. The van der Waals surface area contributed by atoms with Gasteiger partial charge in [-0.15, -0.1) is 0 Å². The third-order valence-electron chi connectivity index (χ3n) is 3.74. The number of nitrogens with one attached hydrogen (secondary N) is 2. The van der Waals surface area contributed by atoms with E-state index in [0.717, 1.165) is 0 Å². The average molecular weight is 284 g/mol. The standard InChI is InChI=1S/C15H20N6/c16-13-14(20-11-6-2-1-3-7-11)18-10-19-15(13)21-12-8-4-5-9-17-12/h4-5,8-11H,1-3,6-7,16H2,(H2,17,18,19,20,21). The van der Waals surface area contributed by atoms with Gasteiger partial charge < -0.3 is 16.4 Å². The van der Waals surface area contributed by atoms with Crippen molar-refractivity contribution in [1.29, 1.82) is 0 Å². The van der Waals surface area contributed by atoms with Gasteiger partial charge in [-0.3, -0.25) is 0 Å². The van der Waals surface area contributed by atoms with E-state index in [4.69, 9.17) is 5.73 Å². The zero-order valence-corrected chi connectivity index (χ0v) is 11.9. The van der Waals surface area contributed by atoms with E-state index in [-0.39, 0.29) is 0 Å². The van der Waals surface area contributed by atoms with Gasteiger partial charge in [-0.25, -0.2) is 15.0 Å². The van der Waals surface area contributed by atoms with Gasteiger partial charge in [0.2, 0.25) is 0 Å². The topological polar surface area (TPSA) is 88.8 Å². The molecule has 21 heavy (non-hydrogen) atoms. The van der Waals surface area contributed by atoms with Gasteiger partial charge in [0.05, 0.1) is 0 Å². The molecule has 0 saturated heterocycles.